The summed E-state index contributed by atoms with van der Waals surface area (Å²) in [5, 5.41) is 11.5. The predicted molar refractivity (Wildman–Crippen MR) is 108 cm³/mol. The van der Waals surface area contributed by atoms with Crippen LogP contribution in [0, 0.1) is 11.7 Å². The van der Waals surface area contributed by atoms with Crippen molar-refractivity contribution in [3.63, 3.8) is 0 Å². The van der Waals surface area contributed by atoms with Crippen molar-refractivity contribution >= 4 is 0 Å². The van der Waals surface area contributed by atoms with Gasteiger partial charge in [-0.1, -0.05) is 37.1 Å². The number of quaternary nitrogens is 1. The number of nitrogens with one attached hydrogen (secondary N) is 1. The molecule has 2 fully saturated rings. The number of hydrogen-bond acceptors (Lipinski definition) is 2. The predicted octanol–water partition coefficient (Wildman–Crippen LogP) is 3.68. The van der Waals surface area contributed by atoms with E-state index in [1.165, 1.54) is 16.5 Å². The fourth-order valence-corrected chi connectivity index (χ4v) is 5.42. The standard InChI is InChI=1S/C24H30FNO2/c1-2-28-22-12-4-3-10-20(22)23-21-11-5-6-13-24(21,27)14-15-26(23)17-18-8-7-9-19(25)16-18/h3-4,7-10,12,16,21,23,27H,2,5-6,11,13-15,17H2,1H3/p+1/t21-,23-,24+/m1/s1. The molecular formula is C24H31FNO2+. The Morgan fingerprint density at radius 2 is 2.00 bits per heavy atom. The van der Waals surface area contributed by atoms with Gasteiger partial charge in [0.1, 0.15) is 24.2 Å². The van der Waals surface area contributed by atoms with Crippen molar-refractivity contribution < 1.29 is 19.1 Å². The van der Waals surface area contributed by atoms with Gasteiger partial charge < -0.3 is 14.7 Å². The summed E-state index contributed by atoms with van der Waals surface area (Å²) in [5.41, 5.74) is 1.60. The van der Waals surface area contributed by atoms with E-state index in [2.05, 4.69) is 12.1 Å². The van der Waals surface area contributed by atoms with Gasteiger partial charge in [-0.2, -0.15) is 0 Å². The summed E-state index contributed by atoms with van der Waals surface area (Å²) >= 11 is 0. The lowest BCUT2D eigenvalue weighted by Gasteiger charge is -2.50. The summed E-state index contributed by atoms with van der Waals surface area (Å²) in [7, 11) is 0. The molecule has 1 heterocycles. The minimum atomic E-state index is -0.590. The van der Waals surface area contributed by atoms with Crippen molar-refractivity contribution in [1.29, 1.82) is 0 Å². The maximum Gasteiger partial charge on any atom is 0.128 e. The first kappa shape index (κ1) is 19.4. The molecule has 2 aliphatic rings. The molecule has 150 valence electrons. The second-order valence-corrected chi connectivity index (χ2v) is 8.37. The molecule has 0 amide bonds. The van der Waals surface area contributed by atoms with E-state index in [0.717, 1.165) is 56.5 Å². The Bertz CT molecular complexity index is 811. The maximum atomic E-state index is 13.8. The zero-order valence-electron chi connectivity index (χ0n) is 16.7. The summed E-state index contributed by atoms with van der Waals surface area (Å²) in [6.45, 7) is 4.27. The van der Waals surface area contributed by atoms with Crippen molar-refractivity contribution in [3.05, 3.63) is 65.5 Å². The first-order valence-electron chi connectivity index (χ1n) is 10.6. The molecule has 4 heteroatoms. The lowest BCUT2D eigenvalue weighted by Crippen LogP contribution is -3.13. The van der Waals surface area contributed by atoms with Crippen LogP contribution in [0.25, 0.3) is 0 Å². The molecule has 28 heavy (non-hydrogen) atoms. The Kier molecular flexibility index (Phi) is 5.70. The third-order valence-corrected chi connectivity index (χ3v) is 6.66. The zero-order valence-corrected chi connectivity index (χ0v) is 16.7. The number of hydrogen-bond donors (Lipinski definition) is 2. The number of aliphatic hydroxyl groups is 1. The van der Waals surface area contributed by atoms with Crippen molar-refractivity contribution in [1.82, 2.24) is 0 Å². The molecule has 1 saturated heterocycles. The highest BCUT2D eigenvalue weighted by Gasteiger charge is 2.52. The molecule has 0 bridgehead atoms. The fourth-order valence-electron chi connectivity index (χ4n) is 5.42. The SMILES string of the molecule is CCOc1ccccc1[C@@H]1[C@H]2CCCC[C@]2(O)CC[NH+]1Cc1cccc(F)c1. The number of fused-ring (bicyclic) bond motifs is 1. The van der Waals surface area contributed by atoms with Crippen LogP contribution in [0.15, 0.2) is 48.5 Å². The molecule has 0 aromatic heterocycles. The van der Waals surface area contributed by atoms with Crippen LogP contribution in [-0.4, -0.2) is 23.9 Å². The third kappa shape index (κ3) is 3.81. The summed E-state index contributed by atoms with van der Waals surface area (Å²) in [6, 6.07) is 15.3. The number of para-hydroxylation sites is 1. The molecule has 2 aromatic rings. The van der Waals surface area contributed by atoms with E-state index < -0.39 is 5.60 Å². The van der Waals surface area contributed by atoms with Crippen LogP contribution < -0.4 is 9.64 Å². The van der Waals surface area contributed by atoms with Crippen molar-refractivity contribution in [3.8, 4) is 5.75 Å². The van der Waals surface area contributed by atoms with E-state index in [4.69, 9.17) is 4.74 Å². The summed E-state index contributed by atoms with van der Waals surface area (Å²) in [4.78, 5) is 1.40. The molecule has 1 aliphatic carbocycles. The zero-order chi connectivity index (χ0) is 19.6. The van der Waals surface area contributed by atoms with E-state index in [1.54, 1.807) is 12.1 Å². The molecule has 4 rings (SSSR count). The molecule has 1 unspecified atom stereocenters. The Morgan fingerprint density at radius 3 is 2.82 bits per heavy atom. The first-order chi connectivity index (χ1) is 13.6. The highest BCUT2D eigenvalue weighted by molar-refractivity contribution is 5.36. The maximum absolute atomic E-state index is 13.8. The number of halogens is 1. The summed E-state index contributed by atoms with van der Waals surface area (Å²) < 4.78 is 19.7. The summed E-state index contributed by atoms with van der Waals surface area (Å²) in [5.74, 6) is 0.941. The Labute approximate surface area is 167 Å². The minimum absolute atomic E-state index is 0.157. The second-order valence-electron chi connectivity index (χ2n) is 8.37. The van der Waals surface area contributed by atoms with Crippen molar-refractivity contribution in [2.45, 2.75) is 57.2 Å². The van der Waals surface area contributed by atoms with E-state index in [9.17, 15) is 9.50 Å². The quantitative estimate of drug-likeness (QED) is 0.825. The average Bonchev–Trinajstić information content (AvgIpc) is 2.69. The van der Waals surface area contributed by atoms with Gasteiger partial charge in [-0.25, -0.2) is 4.39 Å². The van der Waals surface area contributed by atoms with Gasteiger partial charge in [0, 0.05) is 17.9 Å². The van der Waals surface area contributed by atoms with Crippen molar-refractivity contribution in [2.75, 3.05) is 13.2 Å². The normalized spacial score (nSPS) is 29.9. The van der Waals surface area contributed by atoms with Crippen LogP contribution in [0.3, 0.4) is 0 Å². The molecule has 2 aromatic carbocycles. The fraction of sp³-hybridized carbons (Fsp3) is 0.500. The van der Waals surface area contributed by atoms with Crippen molar-refractivity contribution in [2.24, 2.45) is 5.92 Å². The highest BCUT2D eigenvalue weighted by atomic mass is 19.1. The van der Waals surface area contributed by atoms with Gasteiger partial charge in [-0.05, 0) is 44.0 Å². The van der Waals surface area contributed by atoms with Gasteiger partial charge in [0.15, 0.2) is 0 Å². The number of likely N-dealkylation sites (tertiary alicyclic amines) is 1. The highest BCUT2D eigenvalue weighted by Crippen LogP contribution is 2.45. The Morgan fingerprint density at radius 1 is 1.14 bits per heavy atom. The molecule has 4 atom stereocenters. The van der Waals surface area contributed by atoms with Crippen LogP contribution in [0.4, 0.5) is 4.39 Å². The number of piperidine rings is 1. The second kappa shape index (κ2) is 8.22. The Balaban J connectivity index is 1.72. The van der Waals surface area contributed by atoms with Gasteiger partial charge in [0.25, 0.3) is 0 Å². The first-order valence-corrected chi connectivity index (χ1v) is 10.6. The number of ether oxygens (including phenoxy) is 1. The molecule has 1 saturated carbocycles. The van der Waals surface area contributed by atoms with E-state index in [0.29, 0.717) is 6.61 Å². The molecule has 2 N–H and O–H groups in total. The number of rotatable bonds is 5. The third-order valence-electron chi connectivity index (χ3n) is 6.66. The van der Waals surface area contributed by atoms with E-state index >= 15 is 0 Å². The van der Waals surface area contributed by atoms with Crippen LogP contribution in [-0.2, 0) is 6.54 Å². The van der Waals surface area contributed by atoms with Gasteiger partial charge in [-0.15, -0.1) is 0 Å². The van der Waals surface area contributed by atoms with Crippen LogP contribution in [0.2, 0.25) is 0 Å². The minimum Gasteiger partial charge on any atom is -0.493 e. The number of benzene rings is 2. The molecule has 0 spiro atoms. The average molecular weight is 385 g/mol. The van der Waals surface area contributed by atoms with Gasteiger partial charge >= 0.3 is 0 Å². The van der Waals surface area contributed by atoms with Crippen LogP contribution in [0.1, 0.15) is 56.2 Å². The molecule has 0 radical (unpaired) electrons. The molecular weight excluding hydrogens is 353 g/mol. The summed E-state index contributed by atoms with van der Waals surface area (Å²) in [6.07, 6.45) is 5.00. The molecule has 1 aliphatic heterocycles. The largest absolute Gasteiger partial charge is 0.493 e. The molecule has 3 nitrogen and oxygen atoms in total. The van der Waals surface area contributed by atoms with Crippen LogP contribution in [0.5, 0.6) is 5.75 Å². The topological polar surface area (TPSA) is 33.9 Å². The lowest BCUT2D eigenvalue weighted by atomic mass is 9.66. The Hall–Kier alpha value is -1.91. The van der Waals surface area contributed by atoms with Gasteiger partial charge in [0.2, 0.25) is 0 Å². The van der Waals surface area contributed by atoms with E-state index in [-0.39, 0.29) is 17.8 Å². The van der Waals surface area contributed by atoms with Gasteiger partial charge in [-0.3, -0.25) is 0 Å². The van der Waals surface area contributed by atoms with Gasteiger partial charge in [0.05, 0.1) is 24.3 Å². The van der Waals surface area contributed by atoms with E-state index in [1.807, 2.05) is 25.1 Å². The smallest absolute Gasteiger partial charge is 0.128 e. The monoisotopic (exact) mass is 384 g/mol. The lowest BCUT2D eigenvalue weighted by molar-refractivity contribution is -0.958. The van der Waals surface area contributed by atoms with Crippen LogP contribution >= 0.6 is 0 Å².